The Bertz CT molecular complexity index is 474. The van der Waals surface area contributed by atoms with Gasteiger partial charge in [-0.05, 0) is 13.8 Å². The van der Waals surface area contributed by atoms with Crippen molar-refractivity contribution in [2.24, 2.45) is 0 Å². The predicted molar refractivity (Wildman–Crippen MR) is 45.6 cm³/mol. The van der Waals surface area contributed by atoms with E-state index in [2.05, 4.69) is 15.2 Å². The zero-order valence-corrected chi connectivity index (χ0v) is 7.35. The van der Waals surface area contributed by atoms with Gasteiger partial charge in [-0.25, -0.2) is 4.98 Å². The van der Waals surface area contributed by atoms with Crippen LogP contribution in [0.3, 0.4) is 0 Å². The molecule has 5 nitrogen and oxygen atoms in total. The molecule has 0 aliphatic rings. The normalized spacial score (nSPS) is 10.6. The lowest BCUT2D eigenvalue weighted by Gasteiger charge is -1.97. The van der Waals surface area contributed by atoms with Crippen LogP contribution in [0.2, 0.25) is 0 Å². The van der Waals surface area contributed by atoms with Crippen LogP contribution in [0, 0.1) is 13.8 Å². The van der Waals surface area contributed by atoms with Crippen molar-refractivity contribution in [2.45, 2.75) is 13.8 Å². The van der Waals surface area contributed by atoms with Gasteiger partial charge in [0.25, 0.3) is 0 Å². The highest BCUT2D eigenvalue weighted by atomic mass is 16.1. The van der Waals surface area contributed by atoms with Gasteiger partial charge >= 0.3 is 0 Å². The van der Waals surface area contributed by atoms with Gasteiger partial charge in [0.15, 0.2) is 11.9 Å². The second-order valence-electron chi connectivity index (χ2n) is 2.81. The highest BCUT2D eigenvalue weighted by Crippen LogP contribution is 2.06. The summed E-state index contributed by atoms with van der Waals surface area (Å²) < 4.78 is 1.37. The molecular formula is C8H8N4O. The van der Waals surface area contributed by atoms with Crippen LogP contribution in [0.1, 0.15) is 21.7 Å². The Balaban J connectivity index is 2.84. The van der Waals surface area contributed by atoms with E-state index < -0.39 is 0 Å². The fraction of sp³-hybridized carbons (Fsp3) is 0.250. The lowest BCUT2D eigenvalue weighted by Crippen LogP contribution is -2.02. The van der Waals surface area contributed by atoms with Crippen molar-refractivity contribution in [2.75, 3.05) is 0 Å². The number of aryl methyl sites for hydroxylation is 2. The Morgan fingerprint density at radius 3 is 2.85 bits per heavy atom. The monoisotopic (exact) mass is 176 g/mol. The summed E-state index contributed by atoms with van der Waals surface area (Å²) >= 11 is 0. The van der Waals surface area contributed by atoms with E-state index in [9.17, 15) is 4.79 Å². The first kappa shape index (κ1) is 7.85. The van der Waals surface area contributed by atoms with E-state index in [4.69, 9.17) is 0 Å². The van der Waals surface area contributed by atoms with Gasteiger partial charge < -0.3 is 0 Å². The maximum Gasteiger partial charge on any atom is 0.186 e. The molecular weight excluding hydrogens is 168 g/mol. The molecule has 0 fully saturated rings. The number of hydrogen-bond donors (Lipinski definition) is 0. The first-order valence-corrected chi connectivity index (χ1v) is 3.87. The van der Waals surface area contributed by atoms with E-state index in [-0.39, 0.29) is 0 Å². The zero-order valence-electron chi connectivity index (χ0n) is 7.35. The fourth-order valence-electron chi connectivity index (χ4n) is 1.06. The van der Waals surface area contributed by atoms with Crippen LogP contribution in [-0.4, -0.2) is 26.1 Å². The number of nitrogens with zero attached hydrogens (tertiary/aromatic N) is 4. The topological polar surface area (TPSA) is 60.2 Å². The maximum absolute atomic E-state index is 10.6. The molecule has 0 N–H and O–H groups in total. The minimum absolute atomic E-state index is 0.468. The average molecular weight is 176 g/mol. The van der Waals surface area contributed by atoms with Crippen molar-refractivity contribution in [3.63, 3.8) is 0 Å². The van der Waals surface area contributed by atoms with Crippen LogP contribution in [0.5, 0.6) is 0 Å². The van der Waals surface area contributed by atoms with Crippen LogP contribution in [0.25, 0.3) is 5.65 Å². The SMILES string of the molecule is Cc1nc2c(C=O)cnn2nc1C. The third kappa shape index (κ3) is 1.09. The Kier molecular flexibility index (Phi) is 1.58. The molecule has 0 aliphatic heterocycles. The molecule has 5 heteroatoms. The summed E-state index contributed by atoms with van der Waals surface area (Å²) in [6.07, 6.45) is 2.19. The standard InChI is InChI=1S/C8H8N4O/c1-5-6(2)11-12-8(10-5)7(4-13)3-9-12/h3-4H,1-2H3. The van der Waals surface area contributed by atoms with Crippen molar-refractivity contribution in [1.29, 1.82) is 0 Å². The fourth-order valence-corrected chi connectivity index (χ4v) is 1.06. The van der Waals surface area contributed by atoms with E-state index in [1.54, 1.807) is 0 Å². The summed E-state index contributed by atoms with van der Waals surface area (Å²) in [5.74, 6) is 0. The highest BCUT2D eigenvalue weighted by Gasteiger charge is 2.06. The van der Waals surface area contributed by atoms with E-state index in [1.807, 2.05) is 13.8 Å². The van der Waals surface area contributed by atoms with Gasteiger partial charge in [0.2, 0.25) is 0 Å². The maximum atomic E-state index is 10.6. The molecule has 0 aliphatic carbocycles. The van der Waals surface area contributed by atoms with E-state index in [0.717, 1.165) is 17.7 Å². The number of carbonyl (C=O) groups is 1. The van der Waals surface area contributed by atoms with Crippen LogP contribution in [0.15, 0.2) is 6.20 Å². The summed E-state index contributed by atoms with van der Waals surface area (Å²) in [6.45, 7) is 3.70. The van der Waals surface area contributed by atoms with Gasteiger partial charge in [0.05, 0.1) is 23.1 Å². The van der Waals surface area contributed by atoms with Crippen LogP contribution in [-0.2, 0) is 0 Å². The number of hydrogen-bond acceptors (Lipinski definition) is 4. The number of aromatic nitrogens is 4. The second-order valence-corrected chi connectivity index (χ2v) is 2.81. The summed E-state index contributed by atoms with van der Waals surface area (Å²) in [5, 5.41) is 8.03. The summed E-state index contributed by atoms with van der Waals surface area (Å²) in [5.41, 5.74) is 2.61. The Hall–Kier alpha value is -1.78. The molecule has 0 saturated carbocycles. The van der Waals surface area contributed by atoms with Crippen molar-refractivity contribution in [3.8, 4) is 0 Å². The molecule has 0 bridgehead atoms. The van der Waals surface area contributed by atoms with E-state index in [1.165, 1.54) is 10.8 Å². The van der Waals surface area contributed by atoms with Gasteiger partial charge in [-0.3, -0.25) is 4.79 Å². The van der Waals surface area contributed by atoms with Gasteiger partial charge in [0, 0.05) is 0 Å². The molecule has 2 heterocycles. The number of carbonyl (C=O) groups excluding carboxylic acids is 1. The quantitative estimate of drug-likeness (QED) is 0.595. The molecule has 2 aromatic heterocycles. The van der Waals surface area contributed by atoms with Crippen LogP contribution < -0.4 is 0 Å². The molecule has 0 amide bonds. The Morgan fingerprint density at radius 1 is 1.38 bits per heavy atom. The average Bonchev–Trinajstić information content (AvgIpc) is 2.48. The zero-order chi connectivity index (χ0) is 9.42. The smallest absolute Gasteiger partial charge is 0.186 e. The molecule has 0 unspecified atom stereocenters. The predicted octanol–water partition coefficient (Wildman–Crippen LogP) is 0.554. The van der Waals surface area contributed by atoms with Gasteiger partial charge in [-0.1, -0.05) is 0 Å². The molecule has 66 valence electrons. The summed E-state index contributed by atoms with van der Waals surface area (Å²) in [6, 6.07) is 0. The molecule has 13 heavy (non-hydrogen) atoms. The third-order valence-corrected chi connectivity index (χ3v) is 1.92. The molecule has 2 rings (SSSR count). The van der Waals surface area contributed by atoms with E-state index in [0.29, 0.717) is 11.2 Å². The Labute approximate surface area is 74.4 Å². The van der Waals surface area contributed by atoms with Crippen LogP contribution >= 0.6 is 0 Å². The van der Waals surface area contributed by atoms with Gasteiger partial charge in [-0.15, -0.1) is 4.63 Å². The molecule has 0 radical (unpaired) electrons. The molecule has 0 saturated heterocycles. The van der Waals surface area contributed by atoms with Gasteiger partial charge in [-0.2, -0.15) is 10.2 Å². The van der Waals surface area contributed by atoms with Crippen molar-refractivity contribution in [3.05, 3.63) is 23.1 Å². The minimum atomic E-state index is 0.468. The van der Waals surface area contributed by atoms with Crippen molar-refractivity contribution < 1.29 is 4.79 Å². The van der Waals surface area contributed by atoms with Gasteiger partial charge in [0.1, 0.15) is 0 Å². The van der Waals surface area contributed by atoms with Crippen LogP contribution in [0.4, 0.5) is 0 Å². The third-order valence-electron chi connectivity index (χ3n) is 1.92. The highest BCUT2D eigenvalue weighted by molar-refractivity contribution is 5.83. The summed E-state index contributed by atoms with van der Waals surface area (Å²) in [4.78, 5) is 14.8. The molecule has 0 aromatic carbocycles. The first-order chi connectivity index (χ1) is 6.22. The lowest BCUT2D eigenvalue weighted by atomic mass is 10.3. The largest absolute Gasteiger partial charge is 0.298 e. The molecule has 0 atom stereocenters. The lowest BCUT2D eigenvalue weighted by molar-refractivity contribution is 0.112. The summed E-state index contributed by atoms with van der Waals surface area (Å²) in [7, 11) is 0. The minimum Gasteiger partial charge on any atom is -0.298 e. The van der Waals surface area contributed by atoms with Crippen molar-refractivity contribution >= 4 is 11.9 Å². The number of aldehydes is 1. The number of fused-ring (bicyclic) bond motifs is 1. The molecule has 0 spiro atoms. The Morgan fingerprint density at radius 2 is 2.15 bits per heavy atom. The van der Waals surface area contributed by atoms with Crippen molar-refractivity contribution in [1.82, 2.24) is 19.8 Å². The molecule has 2 aromatic rings. The van der Waals surface area contributed by atoms with E-state index >= 15 is 0 Å². The number of rotatable bonds is 1. The first-order valence-electron chi connectivity index (χ1n) is 3.87. The second kappa shape index (κ2) is 2.62.